The molecule has 122 valence electrons. The summed E-state index contributed by atoms with van der Waals surface area (Å²) in [5.41, 5.74) is 10.5. The topological polar surface area (TPSA) is 12.4 Å². The van der Waals surface area contributed by atoms with Gasteiger partial charge in [-0.25, -0.2) is 0 Å². The summed E-state index contributed by atoms with van der Waals surface area (Å²) >= 11 is 0. The van der Waals surface area contributed by atoms with Gasteiger partial charge < -0.3 is 0 Å². The van der Waals surface area contributed by atoms with Crippen LogP contribution in [0.1, 0.15) is 57.2 Å². The minimum Gasteiger partial charge on any atom is -0.293 e. The molecule has 0 fully saturated rings. The molecule has 0 bridgehead atoms. The molecule has 0 aromatic heterocycles. The maximum absolute atomic E-state index is 4.43. The summed E-state index contributed by atoms with van der Waals surface area (Å²) in [6, 6.07) is 6.69. The van der Waals surface area contributed by atoms with E-state index >= 15 is 0 Å². The van der Waals surface area contributed by atoms with E-state index in [-0.39, 0.29) is 0 Å². The van der Waals surface area contributed by atoms with Gasteiger partial charge in [0, 0.05) is 12.8 Å². The van der Waals surface area contributed by atoms with E-state index in [0.29, 0.717) is 0 Å². The highest BCUT2D eigenvalue weighted by molar-refractivity contribution is 5.98. The minimum absolute atomic E-state index is 0.995. The van der Waals surface area contributed by atoms with Gasteiger partial charge in [0.25, 0.3) is 0 Å². The fourth-order valence-electron chi connectivity index (χ4n) is 3.30. The highest BCUT2D eigenvalue weighted by Gasteiger charge is 2.17. The lowest BCUT2D eigenvalue weighted by molar-refractivity contribution is 0.911. The van der Waals surface area contributed by atoms with Crippen molar-refractivity contribution < 1.29 is 0 Å². The van der Waals surface area contributed by atoms with Gasteiger partial charge in [0.1, 0.15) is 0 Å². The molecule has 0 atom stereocenters. The zero-order valence-corrected chi connectivity index (χ0v) is 15.3. The van der Waals surface area contributed by atoms with Crippen molar-refractivity contribution in [2.24, 2.45) is 4.99 Å². The number of fused-ring (bicyclic) bond motifs is 1. The van der Waals surface area contributed by atoms with E-state index in [0.717, 1.165) is 12.1 Å². The fourth-order valence-corrected chi connectivity index (χ4v) is 3.30. The summed E-state index contributed by atoms with van der Waals surface area (Å²) in [7, 11) is 1.85. The predicted molar refractivity (Wildman–Crippen MR) is 103 cm³/mol. The molecule has 0 spiro atoms. The standard InChI is InChI=1S/C22H29N/c1-7-19(14-15(2)16(3)18(5)23-6)17(4)21-12-8-10-20-11-9-13-22(20)21/h8,10,12,14H,4,7,9,11,13H2,1-3,5-6H3/b16-15+,19-14-,23-18?. The number of benzene rings is 1. The third-order valence-corrected chi connectivity index (χ3v) is 5.10. The molecular formula is C22H29N. The number of allylic oxidation sites excluding steroid dienone is 5. The Hall–Kier alpha value is -1.89. The number of aliphatic imine (C=N–C) groups is 1. The molecule has 0 saturated heterocycles. The Morgan fingerprint density at radius 2 is 1.96 bits per heavy atom. The molecule has 1 nitrogen and oxygen atoms in total. The first kappa shape index (κ1) is 17.5. The largest absolute Gasteiger partial charge is 0.293 e. The van der Waals surface area contributed by atoms with Crippen molar-refractivity contribution in [2.45, 2.75) is 53.4 Å². The maximum Gasteiger partial charge on any atom is 0.0345 e. The Kier molecular flexibility index (Phi) is 5.76. The molecule has 0 amide bonds. The van der Waals surface area contributed by atoms with Crippen molar-refractivity contribution in [3.05, 3.63) is 64.3 Å². The second-order valence-electron chi connectivity index (χ2n) is 6.42. The number of hydrogen-bond acceptors (Lipinski definition) is 1. The normalized spacial score (nSPS) is 16.2. The molecular weight excluding hydrogens is 278 g/mol. The van der Waals surface area contributed by atoms with Crippen LogP contribution in [0, 0.1) is 0 Å². The predicted octanol–water partition coefficient (Wildman–Crippen LogP) is 5.95. The lowest BCUT2D eigenvalue weighted by Gasteiger charge is -2.15. The van der Waals surface area contributed by atoms with Crippen molar-refractivity contribution in [1.82, 2.24) is 0 Å². The number of aryl methyl sites for hydroxylation is 1. The third kappa shape index (κ3) is 3.72. The lowest BCUT2D eigenvalue weighted by Crippen LogP contribution is -1.98. The zero-order valence-electron chi connectivity index (χ0n) is 15.3. The first-order chi connectivity index (χ1) is 11.0. The van der Waals surface area contributed by atoms with Crippen molar-refractivity contribution >= 4 is 11.3 Å². The highest BCUT2D eigenvalue weighted by atomic mass is 14.7. The van der Waals surface area contributed by atoms with Gasteiger partial charge >= 0.3 is 0 Å². The van der Waals surface area contributed by atoms with E-state index in [9.17, 15) is 0 Å². The Morgan fingerprint density at radius 1 is 1.22 bits per heavy atom. The number of rotatable bonds is 5. The van der Waals surface area contributed by atoms with Gasteiger partial charge in [-0.15, -0.1) is 0 Å². The van der Waals surface area contributed by atoms with Gasteiger partial charge in [-0.2, -0.15) is 0 Å². The molecule has 0 heterocycles. The van der Waals surface area contributed by atoms with Gasteiger partial charge in [-0.05, 0) is 85.4 Å². The molecule has 1 aliphatic rings. The summed E-state index contributed by atoms with van der Waals surface area (Å²) < 4.78 is 0. The van der Waals surface area contributed by atoms with E-state index in [4.69, 9.17) is 0 Å². The molecule has 0 unspecified atom stereocenters. The van der Waals surface area contributed by atoms with E-state index in [1.807, 2.05) is 7.05 Å². The van der Waals surface area contributed by atoms with E-state index in [2.05, 4.69) is 63.5 Å². The Balaban J connectivity index is 2.41. The summed E-state index contributed by atoms with van der Waals surface area (Å²) in [5, 5.41) is 0. The van der Waals surface area contributed by atoms with Crippen LogP contribution in [0.3, 0.4) is 0 Å². The van der Waals surface area contributed by atoms with Gasteiger partial charge in [0.15, 0.2) is 0 Å². The van der Waals surface area contributed by atoms with Crippen LogP contribution in [0.15, 0.2) is 52.6 Å². The average Bonchev–Trinajstić information content (AvgIpc) is 3.05. The van der Waals surface area contributed by atoms with Crippen LogP contribution < -0.4 is 0 Å². The lowest BCUT2D eigenvalue weighted by atomic mass is 9.90. The van der Waals surface area contributed by atoms with Crippen molar-refractivity contribution in [1.29, 1.82) is 0 Å². The van der Waals surface area contributed by atoms with E-state index in [1.165, 1.54) is 58.2 Å². The second kappa shape index (κ2) is 7.59. The number of hydrogen-bond donors (Lipinski definition) is 0. The third-order valence-electron chi connectivity index (χ3n) is 5.10. The van der Waals surface area contributed by atoms with Crippen molar-refractivity contribution in [3.63, 3.8) is 0 Å². The molecule has 1 aromatic carbocycles. The molecule has 0 radical (unpaired) electrons. The van der Waals surface area contributed by atoms with Gasteiger partial charge in [-0.1, -0.05) is 37.8 Å². The summed E-state index contributed by atoms with van der Waals surface area (Å²) in [6.07, 6.45) is 6.97. The molecule has 1 aliphatic carbocycles. The smallest absolute Gasteiger partial charge is 0.0345 e. The average molecular weight is 307 g/mol. The Morgan fingerprint density at radius 3 is 2.61 bits per heavy atom. The van der Waals surface area contributed by atoms with Gasteiger partial charge in [0.05, 0.1) is 0 Å². The van der Waals surface area contributed by atoms with Crippen LogP contribution in [0.5, 0.6) is 0 Å². The summed E-state index contributed by atoms with van der Waals surface area (Å²) in [6.45, 7) is 13.0. The monoisotopic (exact) mass is 307 g/mol. The van der Waals surface area contributed by atoms with Crippen LogP contribution >= 0.6 is 0 Å². The Bertz CT molecular complexity index is 699. The van der Waals surface area contributed by atoms with Crippen LogP contribution in [-0.4, -0.2) is 12.8 Å². The van der Waals surface area contributed by atoms with Crippen LogP contribution in [0.2, 0.25) is 0 Å². The Labute approximate surface area is 141 Å². The molecule has 0 N–H and O–H groups in total. The fraction of sp³-hybridized carbons (Fsp3) is 0.409. The molecule has 0 aliphatic heterocycles. The van der Waals surface area contributed by atoms with Crippen LogP contribution in [-0.2, 0) is 12.8 Å². The first-order valence-corrected chi connectivity index (χ1v) is 8.61. The quantitative estimate of drug-likeness (QED) is 0.470. The molecule has 23 heavy (non-hydrogen) atoms. The van der Waals surface area contributed by atoms with E-state index < -0.39 is 0 Å². The molecule has 2 rings (SSSR count). The molecule has 0 saturated carbocycles. The summed E-state index contributed by atoms with van der Waals surface area (Å²) in [4.78, 5) is 4.30. The first-order valence-electron chi connectivity index (χ1n) is 8.61. The van der Waals surface area contributed by atoms with E-state index in [1.54, 1.807) is 0 Å². The second-order valence-corrected chi connectivity index (χ2v) is 6.42. The van der Waals surface area contributed by atoms with Gasteiger partial charge in [0.2, 0.25) is 0 Å². The number of nitrogens with zero attached hydrogens (tertiary/aromatic N) is 1. The van der Waals surface area contributed by atoms with Crippen molar-refractivity contribution in [3.8, 4) is 0 Å². The maximum atomic E-state index is 4.43. The highest BCUT2D eigenvalue weighted by Crippen LogP contribution is 2.33. The molecule has 1 heteroatoms. The SMILES string of the molecule is C=C(/C(=C\C(C)=C(/C)C(C)=NC)CC)c1cccc2c1CCC2. The van der Waals surface area contributed by atoms with Gasteiger partial charge in [-0.3, -0.25) is 4.99 Å². The minimum atomic E-state index is 0.995. The van der Waals surface area contributed by atoms with Crippen molar-refractivity contribution in [2.75, 3.05) is 7.05 Å². The van der Waals surface area contributed by atoms with Crippen LogP contribution in [0.4, 0.5) is 0 Å². The zero-order chi connectivity index (χ0) is 17.0. The van der Waals surface area contributed by atoms with Crippen LogP contribution in [0.25, 0.3) is 5.57 Å². The summed E-state index contributed by atoms with van der Waals surface area (Å²) in [5.74, 6) is 0. The molecule has 1 aromatic rings.